The van der Waals surface area contributed by atoms with E-state index < -0.39 is 30.1 Å². The molecule has 0 bridgehead atoms. The van der Waals surface area contributed by atoms with Gasteiger partial charge < -0.3 is 30.9 Å². The molecule has 1 aromatic heterocycles. The fourth-order valence-electron chi connectivity index (χ4n) is 5.58. The Kier molecular flexibility index (Phi) is 8.96. The van der Waals surface area contributed by atoms with Crippen LogP contribution in [0, 0.1) is 0 Å². The highest BCUT2D eigenvalue weighted by Crippen LogP contribution is 2.29. The van der Waals surface area contributed by atoms with Crippen LogP contribution in [0.4, 0.5) is 16.2 Å². The third-order valence-corrected chi connectivity index (χ3v) is 7.79. The van der Waals surface area contributed by atoms with Gasteiger partial charge in [-0.15, -0.1) is 0 Å². The zero-order valence-electron chi connectivity index (χ0n) is 24.8. The number of carboxylic acid groups (broad SMARTS) is 1. The van der Waals surface area contributed by atoms with Gasteiger partial charge in [0.05, 0.1) is 0 Å². The number of benzene rings is 3. The third-order valence-electron chi connectivity index (χ3n) is 7.79. The second kappa shape index (κ2) is 13.0. The van der Waals surface area contributed by atoms with Crippen molar-refractivity contribution in [2.24, 2.45) is 0 Å². The number of rotatable bonds is 9. The Hall–Kier alpha value is -5.16. The van der Waals surface area contributed by atoms with Gasteiger partial charge in [-0.3, -0.25) is 19.3 Å². The lowest BCUT2D eigenvalue weighted by atomic mass is 10.0. The Morgan fingerprint density at radius 1 is 0.932 bits per heavy atom. The van der Waals surface area contributed by atoms with Crippen LogP contribution in [0.3, 0.4) is 0 Å². The van der Waals surface area contributed by atoms with E-state index in [1.165, 1.54) is 6.92 Å². The Morgan fingerprint density at radius 2 is 1.64 bits per heavy atom. The van der Waals surface area contributed by atoms with E-state index in [1.807, 2.05) is 85.7 Å². The van der Waals surface area contributed by atoms with Crippen LogP contribution in [-0.2, 0) is 14.4 Å². The highest BCUT2D eigenvalue weighted by atomic mass is 16.4. The van der Waals surface area contributed by atoms with Crippen LogP contribution >= 0.6 is 0 Å². The minimum Gasteiger partial charge on any atom is -0.465 e. The number of H-pyrrole nitrogens is 1. The van der Waals surface area contributed by atoms with E-state index in [4.69, 9.17) is 5.11 Å². The quantitative estimate of drug-likeness (QED) is 0.190. The van der Waals surface area contributed by atoms with Crippen molar-refractivity contribution in [3.05, 3.63) is 84.4 Å². The van der Waals surface area contributed by atoms with Crippen LogP contribution in [0.2, 0.25) is 0 Å². The molecule has 0 unspecified atom stereocenters. The highest BCUT2D eigenvalue weighted by molar-refractivity contribution is 6.00. The first-order valence-electron chi connectivity index (χ1n) is 14.5. The number of likely N-dealkylation sites (N-methyl/N-ethyl adjacent to an activating group) is 1. The van der Waals surface area contributed by atoms with Crippen molar-refractivity contribution in [2.45, 2.75) is 37.9 Å². The number of likely N-dealkylation sites (tertiary alicyclic amines) is 1. The molecule has 11 nitrogen and oxygen atoms in total. The highest BCUT2D eigenvalue weighted by Gasteiger charge is 2.38. The molecule has 1 fully saturated rings. The normalized spacial score (nSPS) is 16.0. The van der Waals surface area contributed by atoms with E-state index in [0.717, 1.165) is 34.1 Å². The topological polar surface area (TPSA) is 147 Å². The number of anilines is 2. The molecule has 0 spiro atoms. The number of carbonyl (C=O) groups excluding carboxylic acids is 3. The second-order valence-corrected chi connectivity index (χ2v) is 11.2. The lowest BCUT2D eigenvalue weighted by Crippen LogP contribution is -2.47. The summed E-state index contributed by atoms with van der Waals surface area (Å²) in [6.07, 6.45) is 0.103. The van der Waals surface area contributed by atoms with Gasteiger partial charge in [-0.25, -0.2) is 4.79 Å². The van der Waals surface area contributed by atoms with Crippen molar-refractivity contribution in [2.75, 3.05) is 31.3 Å². The van der Waals surface area contributed by atoms with Crippen molar-refractivity contribution in [1.82, 2.24) is 20.1 Å². The smallest absolute Gasteiger partial charge is 0.405 e. The van der Waals surface area contributed by atoms with Crippen LogP contribution in [-0.4, -0.2) is 76.4 Å². The molecule has 0 radical (unpaired) electrons. The van der Waals surface area contributed by atoms with Gasteiger partial charge in [0, 0.05) is 34.5 Å². The minimum absolute atomic E-state index is 0.0818. The molecule has 11 heteroatoms. The monoisotopic (exact) mass is 596 g/mol. The first-order chi connectivity index (χ1) is 21.1. The molecule has 3 atom stereocenters. The summed E-state index contributed by atoms with van der Waals surface area (Å²) >= 11 is 0. The lowest BCUT2D eigenvalue weighted by Gasteiger charge is -2.31. The van der Waals surface area contributed by atoms with Gasteiger partial charge in [0.25, 0.3) is 0 Å². The van der Waals surface area contributed by atoms with Crippen molar-refractivity contribution in [3.63, 3.8) is 0 Å². The predicted octanol–water partition coefficient (Wildman–Crippen LogP) is 4.66. The maximum Gasteiger partial charge on any atom is 0.405 e. The molecular formula is C33H36N6O5. The Labute approximate surface area is 255 Å². The van der Waals surface area contributed by atoms with Gasteiger partial charge in [0.15, 0.2) is 0 Å². The molecule has 5 rings (SSSR count). The van der Waals surface area contributed by atoms with E-state index in [1.54, 1.807) is 17.0 Å². The Balaban J connectivity index is 1.26. The van der Waals surface area contributed by atoms with Crippen molar-refractivity contribution in [3.8, 4) is 11.3 Å². The summed E-state index contributed by atoms with van der Waals surface area (Å²) in [6.45, 7) is 2.00. The van der Waals surface area contributed by atoms with Crippen LogP contribution in [0.15, 0.2) is 78.9 Å². The number of hydrogen-bond donors (Lipinski definition) is 5. The van der Waals surface area contributed by atoms with E-state index in [2.05, 4.69) is 20.9 Å². The SMILES string of the molecule is C[C@@H](NC(=O)O)C(=O)Nc1ccc(-c2cc3cc(NC(=O)[C@@H]4CCCN4C(=O)[C@@H](c4ccccc4)N(C)C)ccc3[nH]2)cc1. The molecule has 3 aromatic carbocycles. The van der Waals surface area contributed by atoms with E-state index in [0.29, 0.717) is 24.3 Å². The average molecular weight is 597 g/mol. The largest absolute Gasteiger partial charge is 0.465 e. The zero-order valence-corrected chi connectivity index (χ0v) is 24.8. The lowest BCUT2D eigenvalue weighted by molar-refractivity contribution is -0.140. The van der Waals surface area contributed by atoms with Crippen molar-refractivity contribution < 1.29 is 24.3 Å². The molecule has 44 heavy (non-hydrogen) atoms. The summed E-state index contributed by atoms with van der Waals surface area (Å²) in [4.78, 5) is 57.0. The van der Waals surface area contributed by atoms with Gasteiger partial charge >= 0.3 is 6.09 Å². The van der Waals surface area contributed by atoms with Gasteiger partial charge in [-0.2, -0.15) is 0 Å². The molecular weight excluding hydrogens is 560 g/mol. The number of carbonyl (C=O) groups is 4. The first-order valence-corrected chi connectivity index (χ1v) is 14.5. The molecule has 228 valence electrons. The molecule has 1 saturated heterocycles. The number of aromatic nitrogens is 1. The average Bonchev–Trinajstić information content (AvgIpc) is 3.65. The summed E-state index contributed by atoms with van der Waals surface area (Å²) in [5.41, 5.74) is 4.70. The summed E-state index contributed by atoms with van der Waals surface area (Å²) < 4.78 is 0. The number of hydrogen-bond acceptors (Lipinski definition) is 5. The molecule has 5 N–H and O–H groups in total. The van der Waals surface area contributed by atoms with E-state index in [-0.39, 0.29) is 11.8 Å². The minimum atomic E-state index is -1.27. The maximum atomic E-state index is 13.7. The van der Waals surface area contributed by atoms with Crippen LogP contribution in [0.5, 0.6) is 0 Å². The summed E-state index contributed by atoms with van der Waals surface area (Å²) in [6, 6.07) is 22.5. The fourth-order valence-corrected chi connectivity index (χ4v) is 5.58. The third kappa shape index (κ3) is 6.73. The molecule has 1 aliphatic heterocycles. The van der Waals surface area contributed by atoms with Crippen molar-refractivity contribution in [1.29, 1.82) is 0 Å². The summed E-state index contributed by atoms with van der Waals surface area (Å²) in [5.74, 6) is -0.747. The van der Waals surface area contributed by atoms with Crippen LogP contribution < -0.4 is 16.0 Å². The molecule has 2 heterocycles. The predicted molar refractivity (Wildman–Crippen MR) is 169 cm³/mol. The standard InChI is InChI=1S/C33H36N6O5/c1-20(34-33(43)44)30(40)35-24-13-11-21(12-14-24)27-19-23-18-25(15-16-26(23)37-27)36-31(41)28-10-7-17-39(28)32(42)29(38(2)3)22-8-5-4-6-9-22/h4-6,8-9,11-16,18-20,28-29,34,37H,7,10,17H2,1-3H3,(H,35,40)(H,36,41)(H,43,44)/t20-,28+,29-/m1/s1. The number of aromatic amines is 1. The maximum absolute atomic E-state index is 13.7. The Bertz CT molecular complexity index is 1670. The fraction of sp³-hybridized carbons (Fsp3) is 0.273. The summed E-state index contributed by atoms with van der Waals surface area (Å²) in [7, 11) is 3.74. The van der Waals surface area contributed by atoms with Crippen LogP contribution in [0.1, 0.15) is 31.4 Å². The number of nitrogens with one attached hydrogen (secondary N) is 4. The molecule has 4 aromatic rings. The summed E-state index contributed by atoms with van der Waals surface area (Å²) in [5, 5.41) is 17.5. The van der Waals surface area contributed by atoms with Crippen LogP contribution in [0.25, 0.3) is 22.2 Å². The van der Waals surface area contributed by atoms with Gasteiger partial charge in [0.2, 0.25) is 17.7 Å². The van der Waals surface area contributed by atoms with Gasteiger partial charge in [-0.1, -0.05) is 42.5 Å². The Morgan fingerprint density at radius 3 is 2.32 bits per heavy atom. The van der Waals surface area contributed by atoms with E-state index in [9.17, 15) is 19.2 Å². The van der Waals surface area contributed by atoms with Gasteiger partial charge in [0.1, 0.15) is 18.1 Å². The zero-order chi connectivity index (χ0) is 31.4. The first kappa shape index (κ1) is 30.3. The molecule has 0 saturated carbocycles. The second-order valence-electron chi connectivity index (χ2n) is 11.2. The molecule has 4 amide bonds. The van der Waals surface area contributed by atoms with Crippen molar-refractivity contribution >= 4 is 46.1 Å². The number of nitrogens with zero attached hydrogens (tertiary/aromatic N) is 2. The number of fused-ring (bicyclic) bond motifs is 1. The molecule has 1 aliphatic rings. The molecule has 0 aliphatic carbocycles. The number of amides is 4. The van der Waals surface area contributed by atoms with Gasteiger partial charge in [-0.05, 0) is 81.4 Å². The van der Waals surface area contributed by atoms with E-state index >= 15 is 0 Å².